The predicted octanol–water partition coefficient (Wildman–Crippen LogP) is 3.14. The third-order valence-corrected chi connectivity index (χ3v) is 4.83. The summed E-state index contributed by atoms with van der Waals surface area (Å²) < 4.78 is 1.07. The number of para-hydroxylation sites is 1. The number of hydrogen-bond donors (Lipinski definition) is 1. The van der Waals surface area contributed by atoms with E-state index in [0.29, 0.717) is 10.8 Å². The van der Waals surface area contributed by atoms with E-state index in [2.05, 4.69) is 20.5 Å². The van der Waals surface area contributed by atoms with Gasteiger partial charge >= 0.3 is 0 Å². The number of fused-ring (bicyclic) bond motifs is 2. The van der Waals surface area contributed by atoms with Crippen molar-refractivity contribution in [1.29, 1.82) is 0 Å². The van der Waals surface area contributed by atoms with Gasteiger partial charge in [0.15, 0.2) is 10.8 Å². The van der Waals surface area contributed by atoms with E-state index in [0.717, 1.165) is 46.3 Å². The molecule has 0 saturated carbocycles. The quantitative estimate of drug-likeness (QED) is 0.789. The van der Waals surface area contributed by atoms with Gasteiger partial charge in [-0.1, -0.05) is 23.5 Å². The Morgan fingerprint density at radius 3 is 3.05 bits per heavy atom. The highest BCUT2D eigenvalue weighted by Crippen LogP contribution is 2.28. The Bertz CT molecular complexity index is 887. The Kier molecular flexibility index (Phi) is 3.11. The van der Waals surface area contributed by atoms with E-state index < -0.39 is 0 Å². The molecule has 1 aliphatic rings. The number of carbonyl (C=O) groups is 1. The minimum Gasteiger partial charge on any atom is -0.296 e. The van der Waals surface area contributed by atoms with Gasteiger partial charge in [0.2, 0.25) is 0 Å². The van der Waals surface area contributed by atoms with Gasteiger partial charge in [-0.15, -0.1) is 5.10 Å². The van der Waals surface area contributed by atoms with Crippen LogP contribution in [0.4, 0.5) is 5.13 Å². The highest BCUT2D eigenvalue weighted by Gasteiger charge is 2.18. The van der Waals surface area contributed by atoms with Crippen LogP contribution in [-0.4, -0.2) is 21.1 Å². The number of amides is 1. The lowest BCUT2D eigenvalue weighted by atomic mass is 10.2. The SMILES string of the molecule is Cc1cccc2sc(NC(=O)c3cc4c(nn3)CCC4)nc12. The molecule has 3 aromatic rings. The standard InChI is InChI=1S/C16H14N4OS/c1-9-4-2-7-13-14(9)17-16(22-13)18-15(21)12-8-10-5-3-6-11(10)19-20-12/h2,4,7-8H,3,5-6H2,1H3,(H,17,18,21). The van der Waals surface area contributed by atoms with Gasteiger partial charge in [-0.05, 0) is 49.4 Å². The summed E-state index contributed by atoms with van der Waals surface area (Å²) >= 11 is 1.47. The normalized spacial score (nSPS) is 13.3. The zero-order valence-electron chi connectivity index (χ0n) is 12.1. The van der Waals surface area contributed by atoms with Crippen molar-refractivity contribution in [3.63, 3.8) is 0 Å². The summed E-state index contributed by atoms with van der Waals surface area (Å²) in [7, 11) is 0. The Balaban J connectivity index is 1.61. The first-order valence-corrected chi connectivity index (χ1v) is 8.05. The fourth-order valence-electron chi connectivity index (χ4n) is 2.74. The van der Waals surface area contributed by atoms with Crippen LogP contribution in [0.1, 0.15) is 33.7 Å². The summed E-state index contributed by atoms with van der Waals surface area (Å²) in [6.45, 7) is 2.01. The average molecular weight is 310 g/mol. The molecule has 0 aliphatic heterocycles. The zero-order chi connectivity index (χ0) is 15.1. The smallest absolute Gasteiger partial charge is 0.277 e. The Morgan fingerprint density at radius 2 is 2.18 bits per heavy atom. The van der Waals surface area contributed by atoms with Crippen LogP contribution in [0.5, 0.6) is 0 Å². The maximum Gasteiger partial charge on any atom is 0.277 e. The molecule has 0 spiro atoms. The van der Waals surface area contributed by atoms with Gasteiger partial charge in [0.25, 0.3) is 5.91 Å². The summed E-state index contributed by atoms with van der Waals surface area (Å²) in [5.41, 5.74) is 4.55. The lowest BCUT2D eigenvalue weighted by molar-refractivity contribution is 0.102. The molecule has 0 unspecified atom stereocenters. The molecule has 1 aliphatic carbocycles. The van der Waals surface area contributed by atoms with E-state index in [-0.39, 0.29) is 5.91 Å². The summed E-state index contributed by atoms with van der Waals surface area (Å²) in [4.78, 5) is 16.8. The highest BCUT2D eigenvalue weighted by molar-refractivity contribution is 7.22. The van der Waals surface area contributed by atoms with Gasteiger partial charge in [-0.3, -0.25) is 10.1 Å². The van der Waals surface area contributed by atoms with E-state index in [4.69, 9.17) is 0 Å². The van der Waals surface area contributed by atoms with Crippen molar-refractivity contribution in [3.8, 4) is 0 Å². The Labute approximate surface area is 131 Å². The topological polar surface area (TPSA) is 67.8 Å². The van der Waals surface area contributed by atoms with Crippen LogP contribution in [-0.2, 0) is 12.8 Å². The second-order valence-corrected chi connectivity index (χ2v) is 6.48. The van der Waals surface area contributed by atoms with E-state index >= 15 is 0 Å². The number of anilines is 1. The molecule has 0 radical (unpaired) electrons. The Hall–Kier alpha value is -2.34. The van der Waals surface area contributed by atoms with Crippen LogP contribution in [0.15, 0.2) is 24.3 Å². The fourth-order valence-corrected chi connectivity index (χ4v) is 3.68. The average Bonchev–Trinajstić information content (AvgIpc) is 3.13. The number of thiazole rings is 1. The van der Waals surface area contributed by atoms with Gasteiger partial charge in [0.1, 0.15) is 0 Å². The number of aryl methyl sites for hydroxylation is 3. The maximum atomic E-state index is 12.3. The van der Waals surface area contributed by atoms with E-state index in [1.54, 1.807) is 0 Å². The maximum absolute atomic E-state index is 12.3. The monoisotopic (exact) mass is 310 g/mol. The van der Waals surface area contributed by atoms with E-state index in [1.165, 1.54) is 11.3 Å². The number of aromatic nitrogens is 3. The summed E-state index contributed by atoms with van der Waals surface area (Å²) in [5, 5.41) is 11.6. The van der Waals surface area contributed by atoms with Crippen LogP contribution in [0.3, 0.4) is 0 Å². The molecule has 0 saturated heterocycles. The van der Waals surface area contributed by atoms with Gasteiger partial charge < -0.3 is 0 Å². The van der Waals surface area contributed by atoms with E-state index in [9.17, 15) is 4.79 Å². The molecular weight excluding hydrogens is 296 g/mol. The first-order chi connectivity index (χ1) is 10.7. The zero-order valence-corrected chi connectivity index (χ0v) is 12.9. The summed E-state index contributed by atoms with van der Waals surface area (Å²) in [6.07, 6.45) is 3.03. The molecular formula is C16H14N4OS. The largest absolute Gasteiger partial charge is 0.296 e. The van der Waals surface area contributed by atoms with Crippen molar-refractivity contribution < 1.29 is 4.79 Å². The molecule has 2 heterocycles. The second-order valence-electron chi connectivity index (χ2n) is 5.45. The van der Waals surface area contributed by atoms with Crippen LogP contribution in [0, 0.1) is 6.92 Å². The molecule has 0 fully saturated rings. The number of nitrogens with one attached hydrogen (secondary N) is 1. The molecule has 0 atom stereocenters. The van der Waals surface area contributed by atoms with Crippen molar-refractivity contribution in [1.82, 2.24) is 15.2 Å². The molecule has 0 bridgehead atoms. The number of rotatable bonds is 2. The van der Waals surface area contributed by atoms with Gasteiger partial charge in [-0.2, -0.15) is 5.10 Å². The molecule has 2 aromatic heterocycles. The lowest BCUT2D eigenvalue weighted by Crippen LogP contribution is -2.15. The minimum atomic E-state index is -0.251. The van der Waals surface area contributed by atoms with Crippen molar-refractivity contribution in [2.45, 2.75) is 26.2 Å². The molecule has 6 heteroatoms. The predicted molar refractivity (Wildman–Crippen MR) is 86.4 cm³/mol. The van der Waals surface area contributed by atoms with Crippen LogP contribution in [0.2, 0.25) is 0 Å². The number of hydrogen-bond acceptors (Lipinski definition) is 5. The Morgan fingerprint density at radius 1 is 1.27 bits per heavy atom. The van der Waals surface area contributed by atoms with Crippen molar-refractivity contribution in [2.24, 2.45) is 0 Å². The molecule has 1 N–H and O–H groups in total. The molecule has 5 nitrogen and oxygen atoms in total. The van der Waals surface area contributed by atoms with Gasteiger partial charge in [0.05, 0.1) is 15.9 Å². The number of nitrogens with zero attached hydrogens (tertiary/aromatic N) is 3. The van der Waals surface area contributed by atoms with Crippen LogP contribution in [0.25, 0.3) is 10.2 Å². The van der Waals surface area contributed by atoms with Crippen molar-refractivity contribution in [2.75, 3.05) is 5.32 Å². The molecule has 1 amide bonds. The number of carbonyl (C=O) groups excluding carboxylic acids is 1. The molecule has 22 heavy (non-hydrogen) atoms. The molecule has 110 valence electrons. The van der Waals surface area contributed by atoms with Crippen LogP contribution >= 0.6 is 11.3 Å². The first-order valence-electron chi connectivity index (χ1n) is 7.24. The van der Waals surface area contributed by atoms with Gasteiger partial charge in [0, 0.05) is 0 Å². The molecule has 4 rings (SSSR count). The summed E-state index contributed by atoms with van der Waals surface area (Å²) in [6, 6.07) is 7.86. The van der Waals surface area contributed by atoms with Crippen molar-refractivity contribution in [3.05, 3.63) is 46.8 Å². The van der Waals surface area contributed by atoms with Crippen LogP contribution < -0.4 is 5.32 Å². The van der Waals surface area contributed by atoms with Crippen molar-refractivity contribution >= 4 is 32.6 Å². The lowest BCUT2D eigenvalue weighted by Gasteiger charge is -2.02. The second kappa shape index (κ2) is 5.14. The first kappa shape index (κ1) is 13.3. The fraction of sp³-hybridized carbons (Fsp3) is 0.250. The van der Waals surface area contributed by atoms with E-state index in [1.807, 2.05) is 31.2 Å². The third-order valence-electron chi connectivity index (χ3n) is 3.89. The number of benzene rings is 1. The highest BCUT2D eigenvalue weighted by atomic mass is 32.1. The van der Waals surface area contributed by atoms with Gasteiger partial charge in [-0.25, -0.2) is 4.98 Å². The third kappa shape index (κ3) is 2.25. The molecule has 1 aromatic carbocycles. The summed E-state index contributed by atoms with van der Waals surface area (Å²) in [5.74, 6) is -0.251. The minimum absolute atomic E-state index is 0.251.